The van der Waals surface area contributed by atoms with E-state index in [0.717, 1.165) is 5.56 Å². The second-order valence-electron chi connectivity index (χ2n) is 7.98. The van der Waals surface area contributed by atoms with Crippen molar-refractivity contribution in [2.75, 3.05) is 6.61 Å². The smallest absolute Gasteiger partial charge is 0.328 e. The maximum absolute atomic E-state index is 12.7. The maximum Gasteiger partial charge on any atom is 0.328 e. The van der Waals surface area contributed by atoms with Gasteiger partial charge in [-0.05, 0) is 24.8 Å². The van der Waals surface area contributed by atoms with Gasteiger partial charge < -0.3 is 37.0 Å². The number of aliphatic carboxylic acids is 1. The highest BCUT2D eigenvalue weighted by molar-refractivity contribution is 5.94. The highest BCUT2D eigenvalue weighted by atomic mass is 16.4. The van der Waals surface area contributed by atoms with E-state index in [1.165, 1.54) is 6.92 Å². The molecule has 1 rings (SSSR count). The molecule has 184 valence electrons. The van der Waals surface area contributed by atoms with Crippen LogP contribution in [0.2, 0.25) is 0 Å². The van der Waals surface area contributed by atoms with Crippen LogP contribution >= 0.6 is 0 Å². The normalized spacial score (nSPS) is 16.4. The van der Waals surface area contributed by atoms with Gasteiger partial charge in [0.2, 0.25) is 17.7 Å². The van der Waals surface area contributed by atoms with E-state index in [9.17, 15) is 34.5 Å². The molecule has 33 heavy (non-hydrogen) atoms. The van der Waals surface area contributed by atoms with E-state index in [-0.39, 0.29) is 6.42 Å². The first-order valence-electron chi connectivity index (χ1n) is 10.7. The Morgan fingerprint density at radius 2 is 1.52 bits per heavy atom. The lowest BCUT2D eigenvalue weighted by molar-refractivity contribution is -0.145. The van der Waals surface area contributed by atoms with Crippen LogP contribution in [0.1, 0.15) is 32.8 Å². The second-order valence-corrected chi connectivity index (χ2v) is 7.98. The summed E-state index contributed by atoms with van der Waals surface area (Å²) in [5.41, 5.74) is 6.74. The Labute approximate surface area is 192 Å². The van der Waals surface area contributed by atoms with Crippen LogP contribution in [0, 0.1) is 5.92 Å². The third-order valence-corrected chi connectivity index (χ3v) is 5.29. The summed E-state index contributed by atoms with van der Waals surface area (Å²) in [6, 6.07) is 3.97. The monoisotopic (exact) mass is 466 g/mol. The summed E-state index contributed by atoms with van der Waals surface area (Å²) in [4.78, 5) is 49.1. The summed E-state index contributed by atoms with van der Waals surface area (Å²) in [6.45, 7) is 3.92. The van der Waals surface area contributed by atoms with Gasteiger partial charge >= 0.3 is 5.97 Å². The molecule has 0 aromatic heterocycles. The summed E-state index contributed by atoms with van der Waals surface area (Å²) < 4.78 is 0. The molecule has 11 heteroatoms. The number of hydrogen-bond donors (Lipinski definition) is 7. The molecule has 0 spiro atoms. The molecule has 8 N–H and O–H groups in total. The van der Waals surface area contributed by atoms with Gasteiger partial charge in [-0.25, -0.2) is 4.79 Å². The van der Waals surface area contributed by atoms with Crippen molar-refractivity contribution in [2.45, 2.75) is 63.9 Å². The number of rotatable bonds is 13. The van der Waals surface area contributed by atoms with Gasteiger partial charge in [0.1, 0.15) is 12.1 Å². The number of carbonyl (C=O) groups excluding carboxylic acids is 3. The van der Waals surface area contributed by atoms with Crippen molar-refractivity contribution in [3.05, 3.63) is 35.9 Å². The van der Waals surface area contributed by atoms with Crippen molar-refractivity contribution in [1.82, 2.24) is 16.0 Å². The molecule has 6 unspecified atom stereocenters. The van der Waals surface area contributed by atoms with Gasteiger partial charge in [-0.15, -0.1) is 0 Å². The summed E-state index contributed by atoms with van der Waals surface area (Å²) in [6.07, 6.45) is -0.682. The zero-order valence-corrected chi connectivity index (χ0v) is 19.0. The standard InChI is InChI=1S/C22H34N4O7/c1-4-12(2)17(21(31)26-18(13(3)28)22(32)33)25-20(30)16(11-27)24-19(29)15(23)10-14-8-6-5-7-9-14/h5-9,12-13,15-18,27-28H,4,10-11,23H2,1-3H3,(H,24,29)(H,25,30)(H,26,31)(H,32,33). The fraction of sp³-hybridized carbons (Fsp3) is 0.545. The van der Waals surface area contributed by atoms with E-state index in [2.05, 4.69) is 16.0 Å². The molecule has 0 fully saturated rings. The molecule has 11 nitrogen and oxygen atoms in total. The summed E-state index contributed by atoms with van der Waals surface area (Å²) in [7, 11) is 0. The molecule has 0 saturated heterocycles. The average molecular weight is 467 g/mol. The Bertz CT molecular complexity index is 803. The van der Waals surface area contributed by atoms with Crippen LogP contribution in [-0.4, -0.2) is 75.9 Å². The summed E-state index contributed by atoms with van der Waals surface area (Å²) >= 11 is 0. The van der Waals surface area contributed by atoms with Crippen LogP contribution in [0.5, 0.6) is 0 Å². The van der Waals surface area contributed by atoms with E-state index in [0.29, 0.717) is 6.42 Å². The topological polar surface area (TPSA) is 191 Å². The third kappa shape index (κ3) is 8.79. The first-order chi connectivity index (χ1) is 15.5. The minimum Gasteiger partial charge on any atom is -0.480 e. The van der Waals surface area contributed by atoms with Crippen LogP contribution in [0.3, 0.4) is 0 Å². The van der Waals surface area contributed by atoms with E-state index in [1.807, 2.05) is 6.07 Å². The SMILES string of the molecule is CCC(C)C(NC(=O)C(CO)NC(=O)C(N)Cc1ccccc1)C(=O)NC(C(=O)O)C(C)O. The molecule has 0 aliphatic rings. The van der Waals surface area contributed by atoms with Crippen LogP contribution in [0.15, 0.2) is 30.3 Å². The number of nitrogens with one attached hydrogen (secondary N) is 3. The molecule has 0 bridgehead atoms. The molecule has 6 atom stereocenters. The molecule has 0 radical (unpaired) electrons. The average Bonchev–Trinajstić information content (AvgIpc) is 2.78. The molecule has 0 aliphatic carbocycles. The van der Waals surface area contributed by atoms with Gasteiger partial charge in [0.05, 0.1) is 18.8 Å². The van der Waals surface area contributed by atoms with Crippen molar-refractivity contribution in [1.29, 1.82) is 0 Å². The van der Waals surface area contributed by atoms with E-state index in [1.54, 1.807) is 38.1 Å². The van der Waals surface area contributed by atoms with Crippen molar-refractivity contribution in [3.63, 3.8) is 0 Å². The number of carboxylic acid groups (broad SMARTS) is 1. The quantitative estimate of drug-likeness (QED) is 0.183. The first-order valence-corrected chi connectivity index (χ1v) is 10.7. The van der Waals surface area contributed by atoms with Crippen molar-refractivity contribution >= 4 is 23.7 Å². The van der Waals surface area contributed by atoms with Gasteiger partial charge in [0, 0.05) is 0 Å². The van der Waals surface area contributed by atoms with Crippen molar-refractivity contribution in [2.24, 2.45) is 11.7 Å². The second kappa shape index (κ2) is 13.5. The lowest BCUT2D eigenvalue weighted by Crippen LogP contribution is -2.60. The van der Waals surface area contributed by atoms with Gasteiger partial charge in [-0.1, -0.05) is 50.6 Å². The van der Waals surface area contributed by atoms with Crippen molar-refractivity contribution < 1.29 is 34.5 Å². The number of nitrogens with two attached hydrogens (primary N) is 1. The number of amides is 3. The molecule has 3 amide bonds. The molecule has 1 aromatic carbocycles. The fourth-order valence-electron chi connectivity index (χ4n) is 3.02. The fourth-order valence-corrected chi connectivity index (χ4v) is 3.02. The minimum absolute atomic E-state index is 0.222. The largest absolute Gasteiger partial charge is 0.480 e. The lowest BCUT2D eigenvalue weighted by atomic mass is 9.97. The Hall–Kier alpha value is -3.02. The predicted octanol–water partition coefficient (Wildman–Crippen LogP) is -1.49. The molecule has 0 heterocycles. The van der Waals surface area contributed by atoms with Gasteiger partial charge in [0.25, 0.3) is 0 Å². The lowest BCUT2D eigenvalue weighted by Gasteiger charge is -2.28. The van der Waals surface area contributed by atoms with Gasteiger partial charge in [-0.3, -0.25) is 14.4 Å². The zero-order chi connectivity index (χ0) is 25.1. The summed E-state index contributed by atoms with van der Waals surface area (Å²) in [5.74, 6) is -4.14. The summed E-state index contributed by atoms with van der Waals surface area (Å²) in [5, 5.41) is 35.4. The van der Waals surface area contributed by atoms with E-state index in [4.69, 9.17) is 5.73 Å². The molecular formula is C22H34N4O7. The highest BCUT2D eigenvalue weighted by Crippen LogP contribution is 2.10. The first kappa shape index (κ1) is 28.0. The van der Waals surface area contributed by atoms with Crippen LogP contribution in [0.25, 0.3) is 0 Å². The Morgan fingerprint density at radius 3 is 2.00 bits per heavy atom. The number of aliphatic hydroxyl groups is 2. The van der Waals surface area contributed by atoms with Gasteiger partial charge in [0.15, 0.2) is 6.04 Å². The molecule has 0 saturated carbocycles. The maximum atomic E-state index is 12.7. The van der Waals surface area contributed by atoms with E-state index >= 15 is 0 Å². The molecule has 0 aliphatic heterocycles. The van der Waals surface area contributed by atoms with Gasteiger partial charge in [-0.2, -0.15) is 0 Å². The van der Waals surface area contributed by atoms with E-state index < -0.39 is 66.5 Å². The highest BCUT2D eigenvalue weighted by Gasteiger charge is 2.33. The van der Waals surface area contributed by atoms with Crippen LogP contribution < -0.4 is 21.7 Å². The Morgan fingerprint density at radius 1 is 0.939 bits per heavy atom. The minimum atomic E-state index is -1.56. The predicted molar refractivity (Wildman–Crippen MR) is 120 cm³/mol. The van der Waals surface area contributed by atoms with Crippen LogP contribution in [0.4, 0.5) is 0 Å². The number of benzene rings is 1. The number of carboxylic acids is 1. The van der Waals surface area contributed by atoms with Crippen LogP contribution in [-0.2, 0) is 25.6 Å². The number of hydrogen-bond acceptors (Lipinski definition) is 7. The number of carbonyl (C=O) groups is 4. The molecule has 1 aromatic rings. The third-order valence-electron chi connectivity index (χ3n) is 5.29. The zero-order valence-electron chi connectivity index (χ0n) is 19.0. The number of aliphatic hydroxyl groups excluding tert-OH is 2. The Balaban J connectivity index is 2.85. The Kier molecular flexibility index (Phi) is 11.5. The van der Waals surface area contributed by atoms with Crippen molar-refractivity contribution in [3.8, 4) is 0 Å². The molecular weight excluding hydrogens is 432 g/mol.